The molecule has 0 saturated carbocycles. The van der Waals surface area contributed by atoms with Crippen molar-refractivity contribution >= 4 is 6.47 Å². The van der Waals surface area contributed by atoms with E-state index in [0.29, 0.717) is 6.42 Å². The molecule has 0 heterocycles. The highest BCUT2D eigenvalue weighted by Crippen LogP contribution is 2.33. The number of carbonyl (C=O) groups excluding carboxylic acids is 1. The predicted octanol–water partition coefficient (Wildman–Crippen LogP) is 7.45. The van der Waals surface area contributed by atoms with Gasteiger partial charge in [0.25, 0.3) is 6.47 Å². The molecule has 0 saturated heterocycles. The van der Waals surface area contributed by atoms with Crippen LogP contribution in [0.1, 0.15) is 80.1 Å². The Labute approximate surface area is 185 Å². The summed E-state index contributed by atoms with van der Waals surface area (Å²) in [5, 5.41) is 0. The minimum Gasteiger partial charge on any atom is -0.465 e. The average molecular weight is 492 g/mol. The first-order chi connectivity index (χ1) is 14.5. The van der Waals surface area contributed by atoms with Crippen LogP contribution in [0.2, 0.25) is 0 Å². The highest BCUT2D eigenvalue weighted by Gasteiger charge is 2.45. The first-order valence-electron chi connectivity index (χ1n) is 10.4. The van der Waals surface area contributed by atoms with E-state index in [1.807, 2.05) is 0 Å². The molecule has 12 heteroatoms. The summed E-state index contributed by atoms with van der Waals surface area (Å²) in [5.41, 5.74) is 0. The molecule has 0 aliphatic carbocycles. The Morgan fingerprint density at radius 3 is 1.50 bits per heavy atom. The van der Waals surface area contributed by atoms with Gasteiger partial charge in [-0.3, -0.25) is 4.79 Å². The third-order valence-corrected chi connectivity index (χ3v) is 3.61. The van der Waals surface area contributed by atoms with E-state index in [4.69, 9.17) is 0 Å². The molecule has 0 N–H and O–H groups in total. The summed E-state index contributed by atoms with van der Waals surface area (Å²) >= 11 is 0. The Kier molecular flexibility index (Phi) is 20.2. The summed E-state index contributed by atoms with van der Waals surface area (Å²) < 4.78 is 110. The van der Waals surface area contributed by atoms with Crippen LogP contribution >= 0.6 is 0 Å². The maximum atomic E-state index is 12.9. The highest BCUT2D eigenvalue weighted by molar-refractivity contribution is 5.36. The van der Waals surface area contributed by atoms with Crippen molar-refractivity contribution in [2.75, 3.05) is 6.61 Å². The van der Waals surface area contributed by atoms with Gasteiger partial charge >= 0.3 is 18.4 Å². The fraction of sp³-hybridized carbons (Fsp3) is 0.950. The number of hydrogen-bond acceptors (Lipinski definition) is 4. The molecule has 0 radical (unpaired) electrons. The van der Waals surface area contributed by atoms with Crippen LogP contribution in [-0.2, 0) is 19.0 Å². The lowest BCUT2D eigenvalue weighted by molar-refractivity contribution is -0.306. The molecule has 3 unspecified atom stereocenters. The molecule has 0 bridgehead atoms. The molecular weight excluding hydrogens is 456 g/mol. The zero-order valence-electron chi connectivity index (χ0n) is 19.4. The number of halogens is 8. The van der Waals surface area contributed by atoms with Gasteiger partial charge in [0.2, 0.25) is 0 Å². The van der Waals surface area contributed by atoms with Gasteiger partial charge in [0.05, 0.1) is 18.6 Å². The molecule has 0 rings (SSSR count). The molecule has 0 amide bonds. The van der Waals surface area contributed by atoms with E-state index in [1.165, 1.54) is 26.7 Å². The molecular formula is C20H36F8O4. The molecule has 0 aliphatic heterocycles. The SMILES string of the molecule is CCC(C)OC(F)(F)CC(F)(F)F.CCC(C)OC(F)(F)CC(F)COC=O.CCCC. The molecule has 0 aromatic carbocycles. The first kappa shape index (κ1) is 35.4. The van der Waals surface area contributed by atoms with E-state index in [0.717, 1.165) is 0 Å². The highest BCUT2D eigenvalue weighted by atomic mass is 19.4. The Bertz CT molecular complexity index is 446. The molecule has 196 valence electrons. The second kappa shape index (κ2) is 18.3. The third-order valence-electron chi connectivity index (χ3n) is 3.61. The Morgan fingerprint density at radius 2 is 1.19 bits per heavy atom. The van der Waals surface area contributed by atoms with Gasteiger partial charge in [0.1, 0.15) is 19.2 Å². The largest absolute Gasteiger partial charge is 0.465 e. The number of alkyl halides is 8. The summed E-state index contributed by atoms with van der Waals surface area (Å²) in [6.45, 7) is 9.70. The summed E-state index contributed by atoms with van der Waals surface area (Å²) in [6, 6.07) is 0. The number of unbranched alkanes of at least 4 members (excludes halogenated alkanes) is 1. The van der Waals surface area contributed by atoms with Crippen LogP contribution in [0.5, 0.6) is 0 Å². The van der Waals surface area contributed by atoms with Crippen LogP contribution in [0.25, 0.3) is 0 Å². The Hall–Kier alpha value is -1.17. The molecule has 4 nitrogen and oxygen atoms in total. The quantitative estimate of drug-likeness (QED) is 0.198. The second-order valence-corrected chi connectivity index (χ2v) is 6.97. The number of rotatable bonds is 13. The fourth-order valence-corrected chi connectivity index (χ4v) is 1.54. The second-order valence-electron chi connectivity index (χ2n) is 6.97. The number of carbonyl (C=O) groups is 1. The van der Waals surface area contributed by atoms with Crippen molar-refractivity contribution in [1.29, 1.82) is 0 Å². The maximum Gasteiger partial charge on any atom is 0.397 e. The minimum atomic E-state index is -4.91. The van der Waals surface area contributed by atoms with E-state index in [-0.39, 0.29) is 12.9 Å². The van der Waals surface area contributed by atoms with Gasteiger partial charge in [-0.2, -0.15) is 30.7 Å². The van der Waals surface area contributed by atoms with Gasteiger partial charge in [-0.05, 0) is 26.7 Å². The van der Waals surface area contributed by atoms with Crippen molar-refractivity contribution in [3.8, 4) is 0 Å². The van der Waals surface area contributed by atoms with Gasteiger partial charge in [-0.15, -0.1) is 0 Å². The lowest BCUT2D eigenvalue weighted by Crippen LogP contribution is -2.31. The van der Waals surface area contributed by atoms with Crippen LogP contribution in [0, 0.1) is 0 Å². The normalized spacial score (nSPS) is 14.8. The molecule has 32 heavy (non-hydrogen) atoms. The van der Waals surface area contributed by atoms with E-state index in [9.17, 15) is 39.9 Å². The Balaban J connectivity index is -0.000000453. The third kappa shape index (κ3) is 26.9. The smallest absolute Gasteiger partial charge is 0.397 e. The van der Waals surface area contributed by atoms with Gasteiger partial charge < -0.3 is 14.2 Å². The zero-order valence-corrected chi connectivity index (χ0v) is 19.4. The summed E-state index contributed by atoms with van der Waals surface area (Å²) in [5.74, 6) is 0. The summed E-state index contributed by atoms with van der Waals surface area (Å²) in [6.07, 6.45) is -16.0. The van der Waals surface area contributed by atoms with Crippen LogP contribution in [0.3, 0.4) is 0 Å². The molecule has 3 atom stereocenters. The van der Waals surface area contributed by atoms with Gasteiger partial charge in [0, 0.05) is 0 Å². The predicted molar refractivity (Wildman–Crippen MR) is 104 cm³/mol. The fourth-order valence-electron chi connectivity index (χ4n) is 1.54. The topological polar surface area (TPSA) is 44.8 Å². The molecule has 0 aromatic rings. The van der Waals surface area contributed by atoms with Crippen LogP contribution in [-0.4, -0.2) is 49.9 Å². The van der Waals surface area contributed by atoms with E-state index in [2.05, 4.69) is 28.1 Å². The van der Waals surface area contributed by atoms with Crippen molar-refractivity contribution in [2.45, 2.75) is 117 Å². The van der Waals surface area contributed by atoms with E-state index >= 15 is 0 Å². The maximum absolute atomic E-state index is 12.9. The zero-order chi connectivity index (χ0) is 26.0. The van der Waals surface area contributed by atoms with Crippen molar-refractivity contribution in [1.82, 2.24) is 0 Å². The average Bonchev–Trinajstić information content (AvgIpc) is 2.63. The van der Waals surface area contributed by atoms with Crippen molar-refractivity contribution in [2.24, 2.45) is 0 Å². The lowest BCUT2D eigenvalue weighted by atomic mass is 10.2. The van der Waals surface area contributed by atoms with E-state index in [1.54, 1.807) is 13.8 Å². The Morgan fingerprint density at radius 1 is 0.781 bits per heavy atom. The van der Waals surface area contributed by atoms with Crippen LogP contribution in [0.15, 0.2) is 0 Å². The molecule has 0 aliphatic rings. The molecule has 0 aromatic heterocycles. The molecule has 0 spiro atoms. The van der Waals surface area contributed by atoms with E-state index < -0.39 is 56.2 Å². The van der Waals surface area contributed by atoms with Gasteiger partial charge in [0.15, 0.2) is 0 Å². The van der Waals surface area contributed by atoms with Crippen molar-refractivity contribution in [3.05, 3.63) is 0 Å². The number of hydrogen-bond donors (Lipinski definition) is 0. The standard InChI is InChI=1S/C9H15F3O3.C7H11F5O.C4H10/c1-3-7(2)15-9(11,12)4-8(10)5-14-6-13;1-3-5(2)13-7(11,12)4-6(8,9)10;1-3-4-2/h6-8H,3-5H2,1-2H3;5H,3-4H2,1-2H3;3-4H2,1-2H3. The summed E-state index contributed by atoms with van der Waals surface area (Å²) in [7, 11) is 0. The number of ether oxygens (including phenoxy) is 3. The van der Waals surface area contributed by atoms with Crippen molar-refractivity contribution < 1.29 is 54.1 Å². The minimum absolute atomic E-state index is 0.0141. The van der Waals surface area contributed by atoms with Crippen LogP contribution in [0.4, 0.5) is 35.1 Å². The lowest BCUT2D eigenvalue weighted by Gasteiger charge is -2.22. The summed E-state index contributed by atoms with van der Waals surface area (Å²) in [4.78, 5) is 9.69. The van der Waals surface area contributed by atoms with Gasteiger partial charge in [-0.25, -0.2) is 4.39 Å². The van der Waals surface area contributed by atoms with Gasteiger partial charge in [-0.1, -0.05) is 40.5 Å². The molecule has 0 fully saturated rings. The van der Waals surface area contributed by atoms with Crippen molar-refractivity contribution in [3.63, 3.8) is 0 Å². The first-order valence-corrected chi connectivity index (χ1v) is 10.4. The van der Waals surface area contributed by atoms with Crippen LogP contribution < -0.4 is 0 Å². The monoisotopic (exact) mass is 492 g/mol.